The fourth-order valence-electron chi connectivity index (χ4n) is 5.23. The van der Waals surface area contributed by atoms with Gasteiger partial charge in [0.2, 0.25) is 11.8 Å². The number of halogens is 2. The van der Waals surface area contributed by atoms with Crippen molar-refractivity contribution in [1.82, 2.24) is 25.9 Å². The Labute approximate surface area is 247 Å². The number of pyridine rings is 1. The summed E-state index contributed by atoms with van der Waals surface area (Å²) in [6.45, 7) is 3.04. The van der Waals surface area contributed by atoms with Gasteiger partial charge in [0, 0.05) is 71.3 Å². The number of amides is 1. The minimum Gasteiger partial charge on any atom is -0.481 e. The standard InChI is InChI=1S/C30H29Cl2N5O2S/c1-39-29-17(14-34-15-18-9-11-26(38)35-18)8-10-23(36-29)21-6-2-4-19(27(21)31)20-5-3-7-22(28(20)32)30-37-24-16-33-13-12-25(24)40-30/h2-8,10,18,33-34H,9,11-16H2,1H3,(H,35,38)/t18-/m0/s1. The second-order valence-corrected chi connectivity index (χ2v) is 11.8. The van der Waals surface area contributed by atoms with Crippen LogP contribution in [0.3, 0.4) is 0 Å². The molecule has 0 unspecified atom stereocenters. The predicted molar refractivity (Wildman–Crippen MR) is 161 cm³/mol. The van der Waals surface area contributed by atoms with Crippen molar-refractivity contribution in [3.05, 3.63) is 74.7 Å². The van der Waals surface area contributed by atoms with Crippen molar-refractivity contribution in [2.75, 3.05) is 20.2 Å². The lowest BCUT2D eigenvalue weighted by molar-refractivity contribution is -0.119. The highest BCUT2D eigenvalue weighted by Gasteiger charge is 2.22. The van der Waals surface area contributed by atoms with E-state index in [0.29, 0.717) is 41.1 Å². The third-order valence-corrected chi connectivity index (χ3v) is 9.32. The molecule has 1 fully saturated rings. The molecule has 206 valence electrons. The molecule has 40 heavy (non-hydrogen) atoms. The second kappa shape index (κ2) is 11.8. The van der Waals surface area contributed by atoms with Gasteiger partial charge >= 0.3 is 0 Å². The number of ether oxygens (including phenoxy) is 1. The lowest BCUT2D eigenvalue weighted by Gasteiger charge is -2.15. The maximum atomic E-state index is 11.4. The second-order valence-electron chi connectivity index (χ2n) is 9.95. The molecular weight excluding hydrogens is 565 g/mol. The van der Waals surface area contributed by atoms with Crippen molar-refractivity contribution >= 4 is 40.4 Å². The molecule has 2 aromatic carbocycles. The zero-order valence-corrected chi connectivity index (χ0v) is 24.3. The van der Waals surface area contributed by atoms with Gasteiger partial charge in [0.25, 0.3) is 0 Å². The molecule has 1 atom stereocenters. The molecule has 0 radical (unpaired) electrons. The quantitative estimate of drug-likeness (QED) is 0.237. The molecule has 2 aliphatic rings. The average molecular weight is 595 g/mol. The highest BCUT2D eigenvalue weighted by atomic mass is 35.5. The van der Waals surface area contributed by atoms with Crippen LogP contribution in [0.4, 0.5) is 0 Å². The van der Waals surface area contributed by atoms with E-state index in [2.05, 4.69) is 16.0 Å². The van der Waals surface area contributed by atoms with Crippen LogP contribution >= 0.6 is 34.5 Å². The highest BCUT2D eigenvalue weighted by Crippen LogP contribution is 2.43. The van der Waals surface area contributed by atoms with Crippen LogP contribution in [-0.4, -0.2) is 42.1 Å². The number of thiazole rings is 1. The first-order chi connectivity index (χ1) is 19.5. The summed E-state index contributed by atoms with van der Waals surface area (Å²) in [6.07, 6.45) is 2.43. The summed E-state index contributed by atoms with van der Waals surface area (Å²) < 4.78 is 5.62. The topological polar surface area (TPSA) is 88.2 Å². The monoisotopic (exact) mass is 593 g/mol. The number of nitrogens with zero attached hydrogens (tertiary/aromatic N) is 2. The van der Waals surface area contributed by atoms with E-state index in [4.69, 9.17) is 37.9 Å². The van der Waals surface area contributed by atoms with E-state index in [1.165, 1.54) is 4.88 Å². The molecule has 2 aliphatic heterocycles. The fraction of sp³-hybridized carbons (Fsp3) is 0.300. The summed E-state index contributed by atoms with van der Waals surface area (Å²) >= 11 is 15.7. The molecule has 10 heteroatoms. The van der Waals surface area contributed by atoms with Crippen LogP contribution in [0.5, 0.6) is 5.88 Å². The SMILES string of the molecule is COc1nc(-c2cccc(-c3cccc(-c4nc5c(s4)CCNC5)c3Cl)c2Cl)ccc1CNC[C@@H]1CCC(=O)N1. The Kier molecular flexibility index (Phi) is 8.05. The van der Waals surface area contributed by atoms with Gasteiger partial charge in [-0.3, -0.25) is 4.79 Å². The smallest absolute Gasteiger partial charge is 0.220 e. The molecule has 2 aromatic heterocycles. The molecule has 0 bridgehead atoms. The van der Waals surface area contributed by atoms with E-state index in [1.54, 1.807) is 18.4 Å². The summed E-state index contributed by atoms with van der Waals surface area (Å²) in [5, 5.41) is 11.9. The highest BCUT2D eigenvalue weighted by molar-refractivity contribution is 7.15. The molecule has 0 saturated carbocycles. The average Bonchev–Trinajstić information content (AvgIpc) is 3.59. The number of nitrogens with one attached hydrogen (secondary N) is 3. The summed E-state index contributed by atoms with van der Waals surface area (Å²) in [6, 6.07) is 16.0. The van der Waals surface area contributed by atoms with Gasteiger partial charge in [-0.25, -0.2) is 9.97 Å². The van der Waals surface area contributed by atoms with Crippen molar-refractivity contribution in [2.24, 2.45) is 0 Å². The summed E-state index contributed by atoms with van der Waals surface area (Å²) in [7, 11) is 1.61. The third kappa shape index (κ3) is 5.47. The van der Waals surface area contributed by atoms with Gasteiger partial charge in [-0.05, 0) is 18.9 Å². The van der Waals surface area contributed by atoms with Crippen LogP contribution in [0.1, 0.15) is 29.0 Å². The van der Waals surface area contributed by atoms with Crippen LogP contribution < -0.4 is 20.7 Å². The Balaban J connectivity index is 1.27. The maximum absolute atomic E-state index is 11.4. The number of aromatic nitrogens is 2. The number of carbonyl (C=O) groups excluding carboxylic acids is 1. The summed E-state index contributed by atoms with van der Waals surface area (Å²) in [5.41, 5.74) is 6.14. The van der Waals surface area contributed by atoms with Crippen LogP contribution in [0, 0.1) is 0 Å². The van der Waals surface area contributed by atoms with E-state index in [9.17, 15) is 4.79 Å². The zero-order chi connectivity index (χ0) is 27.6. The van der Waals surface area contributed by atoms with Crippen LogP contribution in [0.15, 0.2) is 48.5 Å². The number of benzene rings is 2. The van der Waals surface area contributed by atoms with Crippen molar-refractivity contribution in [1.29, 1.82) is 0 Å². The molecule has 0 spiro atoms. The molecule has 4 aromatic rings. The molecule has 1 saturated heterocycles. The summed E-state index contributed by atoms with van der Waals surface area (Å²) in [4.78, 5) is 22.4. The molecule has 1 amide bonds. The number of methoxy groups -OCH3 is 1. The number of hydrogen-bond acceptors (Lipinski definition) is 7. The maximum Gasteiger partial charge on any atom is 0.220 e. The van der Waals surface area contributed by atoms with Crippen molar-refractivity contribution < 1.29 is 9.53 Å². The van der Waals surface area contributed by atoms with Gasteiger partial charge in [0.05, 0.1) is 28.5 Å². The Hall–Kier alpha value is -3.01. The molecule has 0 aliphatic carbocycles. The van der Waals surface area contributed by atoms with Gasteiger partial charge < -0.3 is 20.7 Å². The molecule has 3 N–H and O–H groups in total. The van der Waals surface area contributed by atoms with Gasteiger partial charge in [0.15, 0.2) is 0 Å². The normalized spacial score (nSPS) is 16.6. The number of hydrogen-bond donors (Lipinski definition) is 3. The molecule has 7 nitrogen and oxygen atoms in total. The fourth-order valence-corrected chi connectivity index (χ4v) is 7.03. The van der Waals surface area contributed by atoms with Crippen LogP contribution in [-0.2, 0) is 24.3 Å². The predicted octanol–water partition coefficient (Wildman–Crippen LogP) is 5.87. The number of carbonyl (C=O) groups is 1. The first-order valence-corrected chi connectivity index (χ1v) is 14.9. The van der Waals surface area contributed by atoms with Gasteiger partial charge in [-0.1, -0.05) is 65.7 Å². The Morgan fingerprint density at radius 1 is 1.00 bits per heavy atom. The Bertz CT molecular complexity index is 1550. The van der Waals surface area contributed by atoms with E-state index < -0.39 is 0 Å². The van der Waals surface area contributed by atoms with Crippen molar-refractivity contribution in [2.45, 2.75) is 38.4 Å². The van der Waals surface area contributed by atoms with Crippen LogP contribution in [0.25, 0.3) is 33.0 Å². The van der Waals surface area contributed by atoms with Crippen LogP contribution in [0.2, 0.25) is 10.0 Å². The minimum absolute atomic E-state index is 0.113. The van der Waals surface area contributed by atoms with Crippen molar-refractivity contribution in [3.63, 3.8) is 0 Å². The van der Waals surface area contributed by atoms with Gasteiger partial charge in [0.1, 0.15) is 5.01 Å². The van der Waals surface area contributed by atoms with Crippen molar-refractivity contribution in [3.8, 4) is 38.8 Å². The Morgan fingerprint density at radius 3 is 2.48 bits per heavy atom. The van der Waals surface area contributed by atoms with E-state index in [1.807, 2.05) is 48.5 Å². The van der Waals surface area contributed by atoms with Gasteiger partial charge in [-0.15, -0.1) is 11.3 Å². The lowest BCUT2D eigenvalue weighted by Crippen LogP contribution is -2.35. The number of rotatable bonds is 8. The Morgan fingerprint density at radius 2 is 1.75 bits per heavy atom. The first-order valence-electron chi connectivity index (χ1n) is 13.3. The van der Waals surface area contributed by atoms with E-state index in [-0.39, 0.29) is 11.9 Å². The van der Waals surface area contributed by atoms with E-state index >= 15 is 0 Å². The molecular formula is C30H29Cl2N5O2S. The van der Waals surface area contributed by atoms with Gasteiger partial charge in [-0.2, -0.15) is 0 Å². The molecule has 4 heterocycles. The molecule has 6 rings (SSSR count). The lowest BCUT2D eigenvalue weighted by atomic mass is 9.99. The minimum atomic E-state index is 0.113. The summed E-state index contributed by atoms with van der Waals surface area (Å²) in [5.74, 6) is 0.645. The third-order valence-electron chi connectivity index (χ3n) is 7.32. The van der Waals surface area contributed by atoms with E-state index in [0.717, 1.165) is 64.4 Å². The first kappa shape index (κ1) is 27.2. The largest absolute Gasteiger partial charge is 0.481 e. The number of fused-ring (bicyclic) bond motifs is 1. The zero-order valence-electron chi connectivity index (χ0n) is 22.0.